The molecule has 3 aromatic rings. The Hall–Kier alpha value is -3.53. The Bertz CT molecular complexity index is 1010. The van der Waals surface area contributed by atoms with Gasteiger partial charge in [0.1, 0.15) is 6.07 Å². The van der Waals surface area contributed by atoms with E-state index in [4.69, 9.17) is 14.7 Å². The Morgan fingerprint density at radius 3 is 2.76 bits per heavy atom. The maximum Gasteiger partial charge on any atom is 0.323 e. The minimum Gasteiger partial charge on any atom is -0.490 e. The lowest BCUT2D eigenvalue weighted by atomic mass is 10.2. The predicted molar refractivity (Wildman–Crippen MR) is 94.9 cm³/mol. The number of nitriles is 1. The molecule has 25 heavy (non-hydrogen) atoms. The van der Waals surface area contributed by atoms with E-state index in [2.05, 4.69) is 15.0 Å². The molecule has 0 unspecified atom stereocenters. The number of hydrogen-bond acceptors (Lipinski definition) is 5. The van der Waals surface area contributed by atoms with Gasteiger partial charge in [-0.2, -0.15) is 5.26 Å². The number of aliphatic imine (C=N–C) groups is 1. The molecule has 0 fully saturated rings. The van der Waals surface area contributed by atoms with Crippen LogP contribution in [0.1, 0.15) is 12.5 Å². The van der Waals surface area contributed by atoms with Gasteiger partial charge in [-0.1, -0.05) is 0 Å². The third kappa shape index (κ3) is 3.87. The van der Waals surface area contributed by atoms with Crippen molar-refractivity contribution in [3.63, 3.8) is 0 Å². The summed E-state index contributed by atoms with van der Waals surface area (Å²) in [5.74, 6) is 1.08. The molecule has 0 aliphatic rings. The highest BCUT2D eigenvalue weighted by Crippen LogP contribution is 2.28. The zero-order valence-corrected chi connectivity index (χ0v) is 13.6. The van der Waals surface area contributed by atoms with Crippen molar-refractivity contribution in [2.24, 2.45) is 4.99 Å². The SMILES string of the molecule is CCOc1cc(C=Nc2ccc3[nH]c(=O)[nH]c3c2)ccc1OCC#N. The number of nitrogens with zero attached hydrogens (tertiary/aromatic N) is 2. The fraction of sp³-hybridized carbons (Fsp3) is 0.167. The van der Waals surface area contributed by atoms with Crippen LogP contribution >= 0.6 is 0 Å². The van der Waals surface area contributed by atoms with Gasteiger partial charge in [0.05, 0.1) is 23.3 Å². The molecule has 0 amide bonds. The molecule has 0 saturated heterocycles. The molecule has 1 heterocycles. The van der Waals surface area contributed by atoms with Gasteiger partial charge in [-0.15, -0.1) is 0 Å². The van der Waals surface area contributed by atoms with Crippen LogP contribution in [0, 0.1) is 11.3 Å². The predicted octanol–water partition coefficient (Wildman–Crippen LogP) is 2.91. The molecule has 126 valence electrons. The normalized spacial score (nSPS) is 10.9. The number of nitrogens with one attached hydrogen (secondary N) is 2. The maximum atomic E-state index is 11.3. The molecule has 0 bridgehead atoms. The quantitative estimate of drug-likeness (QED) is 0.675. The van der Waals surface area contributed by atoms with Crippen molar-refractivity contribution in [1.29, 1.82) is 5.26 Å². The Labute approximate surface area is 143 Å². The summed E-state index contributed by atoms with van der Waals surface area (Å²) in [6.07, 6.45) is 1.70. The van der Waals surface area contributed by atoms with E-state index < -0.39 is 0 Å². The molecule has 0 saturated carbocycles. The zero-order chi connectivity index (χ0) is 17.6. The second-order valence-electron chi connectivity index (χ2n) is 5.15. The number of aromatic nitrogens is 2. The number of imidazole rings is 1. The van der Waals surface area contributed by atoms with Gasteiger partial charge in [0.15, 0.2) is 18.1 Å². The molecule has 7 nitrogen and oxygen atoms in total. The van der Waals surface area contributed by atoms with E-state index in [0.29, 0.717) is 29.3 Å². The van der Waals surface area contributed by atoms with Gasteiger partial charge in [0.25, 0.3) is 0 Å². The third-order valence-corrected chi connectivity index (χ3v) is 3.42. The lowest BCUT2D eigenvalue weighted by Crippen LogP contribution is -1.99. The molecule has 2 N–H and O–H groups in total. The van der Waals surface area contributed by atoms with Crippen molar-refractivity contribution in [2.75, 3.05) is 13.2 Å². The van der Waals surface area contributed by atoms with Crippen LogP contribution in [0.5, 0.6) is 11.5 Å². The Morgan fingerprint density at radius 2 is 1.96 bits per heavy atom. The van der Waals surface area contributed by atoms with Gasteiger partial charge in [-0.25, -0.2) is 4.79 Å². The summed E-state index contributed by atoms with van der Waals surface area (Å²) in [5.41, 5.74) is 2.74. The van der Waals surface area contributed by atoms with Crippen molar-refractivity contribution in [3.8, 4) is 17.6 Å². The Kier molecular flexibility index (Phi) is 4.81. The Balaban J connectivity index is 1.84. The summed E-state index contributed by atoms with van der Waals surface area (Å²) in [5, 5.41) is 8.63. The van der Waals surface area contributed by atoms with E-state index >= 15 is 0 Å². The highest BCUT2D eigenvalue weighted by Gasteiger charge is 2.06. The van der Waals surface area contributed by atoms with Crippen LogP contribution in [0.25, 0.3) is 11.0 Å². The van der Waals surface area contributed by atoms with Crippen molar-refractivity contribution in [3.05, 3.63) is 52.4 Å². The van der Waals surface area contributed by atoms with Gasteiger partial charge in [0, 0.05) is 6.21 Å². The molecule has 0 aliphatic heterocycles. The van der Waals surface area contributed by atoms with E-state index in [9.17, 15) is 4.79 Å². The van der Waals surface area contributed by atoms with Gasteiger partial charge < -0.3 is 19.4 Å². The number of hydrogen-bond donors (Lipinski definition) is 2. The summed E-state index contributed by atoms with van der Waals surface area (Å²) in [6.45, 7) is 2.32. The summed E-state index contributed by atoms with van der Waals surface area (Å²) in [6, 6.07) is 12.7. The van der Waals surface area contributed by atoms with Crippen LogP contribution in [0.3, 0.4) is 0 Å². The fourth-order valence-electron chi connectivity index (χ4n) is 2.35. The van der Waals surface area contributed by atoms with Crippen molar-refractivity contribution in [2.45, 2.75) is 6.92 Å². The number of rotatable bonds is 6. The Morgan fingerprint density at radius 1 is 1.12 bits per heavy atom. The average Bonchev–Trinajstić information content (AvgIpc) is 2.98. The molecule has 0 aliphatic carbocycles. The molecule has 3 rings (SSSR count). The smallest absolute Gasteiger partial charge is 0.323 e. The first-order chi connectivity index (χ1) is 12.2. The molecule has 7 heteroatoms. The first-order valence-corrected chi connectivity index (χ1v) is 7.72. The number of aromatic amines is 2. The van der Waals surface area contributed by atoms with E-state index in [-0.39, 0.29) is 12.3 Å². The lowest BCUT2D eigenvalue weighted by Gasteiger charge is -2.10. The first kappa shape index (κ1) is 16.3. The van der Waals surface area contributed by atoms with E-state index in [0.717, 1.165) is 11.1 Å². The zero-order valence-electron chi connectivity index (χ0n) is 13.6. The fourth-order valence-corrected chi connectivity index (χ4v) is 2.35. The van der Waals surface area contributed by atoms with E-state index in [1.54, 1.807) is 30.5 Å². The summed E-state index contributed by atoms with van der Waals surface area (Å²) in [4.78, 5) is 21.1. The summed E-state index contributed by atoms with van der Waals surface area (Å²) >= 11 is 0. The number of benzene rings is 2. The van der Waals surface area contributed by atoms with Gasteiger partial charge in [0.2, 0.25) is 0 Å². The number of fused-ring (bicyclic) bond motifs is 1. The summed E-state index contributed by atoms with van der Waals surface area (Å²) < 4.78 is 10.9. The molecule has 0 spiro atoms. The number of H-pyrrole nitrogens is 2. The van der Waals surface area contributed by atoms with Crippen molar-refractivity contribution in [1.82, 2.24) is 9.97 Å². The molecular formula is C18H16N4O3. The van der Waals surface area contributed by atoms with Crippen LogP contribution in [0.15, 0.2) is 46.2 Å². The largest absolute Gasteiger partial charge is 0.490 e. The van der Waals surface area contributed by atoms with Crippen molar-refractivity contribution >= 4 is 22.9 Å². The van der Waals surface area contributed by atoms with Gasteiger partial charge in [-0.3, -0.25) is 4.99 Å². The van der Waals surface area contributed by atoms with Crippen LogP contribution in [0.4, 0.5) is 5.69 Å². The van der Waals surface area contributed by atoms with Crippen LogP contribution < -0.4 is 15.2 Å². The summed E-state index contributed by atoms with van der Waals surface area (Å²) in [7, 11) is 0. The minimum atomic E-state index is -0.245. The standard InChI is InChI=1S/C18H16N4O3/c1-2-24-17-9-12(3-6-16(17)25-8-7-19)11-20-13-4-5-14-15(10-13)22-18(23)21-14/h3-6,9-11H,2,8H2,1H3,(H2,21,22,23). The topological polar surface area (TPSA) is 103 Å². The molecule has 0 radical (unpaired) electrons. The van der Waals surface area contributed by atoms with E-state index in [1.165, 1.54) is 0 Å². The minimum absolute atomic E-state index is 0.0393. The van der Waals surface area contributed by atoms with Gasteiger partial charge >= 0.3 is 5.69 Å². The maximum absolute atomic E-state index is 11.3. The van der Waals surface area contributed by atoms with E-state index in [1.807, 2.05) is 25.1 Å². The first-order valence-electron chi connectivity index (χ1n) is 7.72. The highest BCUT2D eigenvalue weighted by molar-refractivity contribution is 5.85. The molecule has 1 aromatic heterocycles. The number of ether oxygens (including phenoxy) is 2. The second kappa shape index (κ2) is 7.36. The monoisotopic (exact) mass is 336 g/mol. The third-order valence-electron chi connectivity index (χ3n) is 3.42. The van der Waals surface area contributed by atoms with Crippen LogP contribution in [0.2, 0.25) is 0 Å². The van der Waals surface area contributed by atoms with Crippen LogP contribution in [-0.4, -0.2) is 29.4 Å². The molecule has 2 aromatic carbocycles. The highest BCUT2D eigenvalue weighted by atomic mass is 16.5. The second-order valence-corrected chi connectivity index (χ2v) is 5.15. The van der Waals surface area contributed by atoms with Gasteiger partial charge in [-0.05, 0) is 48.9 Å². The molecule has 0 atom stereocenters. The van der Waals surface area contributed by atoms with Crippen LogP contribution in [-0.2, 0) is 0 Å². The lowest BCUT2D eigenvalue weighted by molar-refractivity contribution is 0.298. The molecular weight excluding hydrogens is 320 g/mol. The van der Waals surface area contributed by atoms with Crippen molar-refractivity contribution < 1.29 is 9.47 Å². The average molecular weight is 336 g/mol.